The van der Waals surface area contributed by atoms with Gasteiger partial charge in [-0.05, 0) is 35.0 Å². The van der Waals surface area contributed by atoms with Crippen LogP contribution in [0.15, 0.2) is 35.0 Å². The maximum Gasteiger partial charge on any atom is 0.189 e. The van der Waals surface area contributed by atoms with Crippen LogP contribution in [0.4, 0.5) is 0 Å². The summed E-state index contributed by atoms with van der Waals surface area (Å²) in [5.41, 5.74) is 2.63. The molecule has 0 amide bonds. The molecule has 0 aromatic heterocycles. The van der Waals surface area contributed by atoms with Crippen molar-refractivity contribution in [3.8, 4) is 0 Å². The Labute approximate surface area is 139 Å². The van der Waals surface area contributed by atoms with E-state index in [1.165, 1.54) is 24.1 Å². The van der Waals surface area contributed by atoms with E-state index in [1.807, 2.05) is 0 Å². The van der Waals surface area contributed by atoms with Crippen molar-refractivity contribution in [3.63, 3.8) is 0 Å². The summed E-state index contributed by atoms with van der Waals surface area (Å²) < 4.78 is 5.51. The lowest BCUT2D eigenvalue weighted by Crippen LogP contribution is -2.48. The summed E-state index contributed by atoms with van der Waals surface area (Å²) in [6.45, 7) is 18.9. The summed E-state index contributed by atoms with van der Waals surface area (Å²) in [4.78, 5) is 0. The molecule has 0 heterocycles. The van der Waals surface area contributed by atoms with Crippen LogP contribution in [0.3, 0.4) is 0 Å². The minimum Gasteiger partial charge on any atom is -0.324 e. The van der Waals surface area contributed by atoms with Crippen molar-refractivity contribution in [2.75, 3.05) is 0 Å². The van der Waals surface area contributed by atoms with Gasteiger partial charge in [0.1, 0.15) is 0 Å². The molecule has 0 unspecified atom stereocenters. The van der Waals surface area contributed by atoms with Gasteiger partial charge >= 0.3 is 0 Å². The summed E-state index contributed by atoms with van der Waals surface area (Å²) in [5.74, 6) is 0. The Bertz CT molecular complexity index is 475. The van der Waals surface area contributed by atoms with E-state index in [1.54, 1.807) is 0 Å². The minimum absolute atomic E-state index is 0.248. The zero-order valence-electron chi connectivity index (χ0n) is 16.0. The Morgan fingerprint density at radius 1 is 0.955 bits per heavy atom. The van der Waals surface area contributed by atoms with Crippen LogP contribution in [0, 0.1) is 0 Å². The van der Waals surface area contributed by atoms with Crippen LogP contribution in [0.25, 0.3) is 0 Å². The van der Waals surface area contributed by atoms with Gasteiger partial charge in [-0.15, -0.1) is 0 Å². The van der Waals surface area contributed by atoms with Gasteiger partial charge in [-0.1, -0.05) is 85.2 Å². The third-order valence-electron chi connectivity index (χ3n) is 5.15. The normalized spacial score (nSPS) is 14.3. The first-order valence-corrected chi connectivity index (χ1v) is 11.1. The molecule has 0 aliphatic carbocycles. The second kappa shape index (κ2) is 7.12. The molecule has 0 saturated heterocycles. The van der Waals surface area contributed by atoms with Crippen molar-refractivity contribution < 1.29 is 0 Å². The summed E-state index contributed by atoms with van der Waals surface area (Å²) in [6.07, 6.45) is 3.52. The van der Waals surface area contributed by atoms with Crippen molar-refractivity contribution >= 4 is 13.9 Å². The minimum atomic E-state index is -1.86. The maximum absolute atomic E-state index is 5.51. The molecule has 0 fully saturated rings. The largest absolute Gasteiger partial charge is 0.324 e. The van der Waals surface area contributed by atoms with E-state index < -0.39 is 8.24 Å². The zero-order valence-corrected chi connectivity index (χ0v) is 17.0. The van der Waals surface area contributed by atoms with Crippen LogP contribution in [-0.4, -0.2) is 13.9 Å². The first kappa shape index (κ1) is 19.2. The van der Waals surface area contributed by atoms with Gasteiger partial charge in [0.15, 0.2) is 8.24 Å². The summed E-state index contributed by atoms with van der Waals surface area (Å²) in [7, 11) is -1.86. The van der Waals surface area contributed by atoms with E-state index in [4.69, 9.17) is 4.66 Å². The Balaban J connectivity index is 3.40. The quantitative estimate of drug-likeness (QED) is 0.416. The molecule has 1 rings (SSSR count). The van der Waals surface area contributed by atoms with Gasteiger partial charge in [-0.3, -0.25) is 0 Å². The van der Waals surface area contributed by atoms with Crippen molar-refractivity contribution in [1.29, 1.82) is 0 Å². The fourth-order valence-electron chi connectivity index (χ4n) is 2.97. The molecule has 1 nitrogen and oxygen atoms in total. The van der Waals surface area contributed by atoms with Gasteiger partial charge in [-0.25, -0.2) is 0 Å². The van der Waals surface area contributed by atoms with E-state index in [9.17, 15) is 0 Å². The lowest BCUT2D eigenvalue weighted by Gasteiger charge is -2.46. The van der Waals surface area contributed by atoms with Gasteiger partial charge in [0.05, 0.1) is 0 Å². The predicted octanol–water partition coefficient (Wildman–Crippen LogP) is 6.84. The van der Waals surface area contributed by atoms with E-state index in [-0.39, 0.29) is 10.1 Å². The van der Waals surface area contributed by atoms with Crippen LogP contribution >= 0.6 is 0 Å². The highest BCUT2D eigenvalue weighted by Crippen LogP contribution is 2.51. The third-order valence-corrected chi connectivity index (χ3v) is 11.7. The van der Waals surface area contributed by atoms with Crippen LogP contribution in [0.1, 0.15) is 73.3 Å². The van der Waals surface area contributed by atoms with Gasteiger partial charge in [0.25, 0.3) is 0 Å². The Hall–Kier alpha value is -0.893. The van der Waals surface area contributed by atoms with Crippen molar-refractivity contribution in [3.05, 3.63) is 35.9 Å². The van der Waals surface area contributed by atoms with Gasteiger partial charge in [-0.2, -0.15) is 0 Å². The Kier molecular flexibility index (Phi) is 6.20. The fraction of sp³-hybridized carbons (Fsp3) is 0.650. The van der Waals surface area contributed by atoms with Crippen LogP contribution < -0.4 is 0 Å². The third kappa shape index (κ3) is 4.31. The van der Waals surface area contributed by atoms with Crippen LogP contribution in [-0.2, 0) is 0 Å². The van der Waals surface area contributed by atoms with E-state index in [2.05, 4.69) is 85.3 Å². The zero-order chi connectivity index (χ0) is 17.0. The predicted molar refractivity (Wildman–Crippen MR) is 104 cm³/mol. The standard InChI is InChI=1S/C20H35NSi/c1-9-10-16-18(17-14-12-11-13-15-17)21-22(8,19(2,3)4)20(5,6)7/h11-15H,9-10,16H2,1-8H3. The molecule has 0 radical (unpaired) electrons. The lowest BCUT2D eigenvalue weighted by atomic mass is 10.1. The van der Waals surface area contributed by atoms with E-state index in [0.717, 1.165) is 6.42 Å². The summed E-state index contributed by atoms with van der Waals surface area (Å²) in [6, 6.07) is 10.8. The molecule has 2 heteroatoms. The van der Waals surface area contributed by atoms with Crippen molar-refractivity contribution in [1.82, 2.24) is 0 Å². The number of hydrogen-bond donors (Lipinski definition) is 0. The number of nitrogens with zero attached hydrogens (tertiary/aromatic N) is 1. The summed E-state index contributed by atoms with van der Waals surface area (Å²) in [5, 5.41) is 0.495. The van der Waals surface area contributed by atoms with Gasteiger partial charge < -0.3 is 4.66 Å². The molecule has 0 aliphatic heterocycles. The summed E-state index contributed by atoms with van der Waals surface area (Å²) >= 11 is 0. The number of rotatable bonds is 5. The van der Waals surface area contributed by atoms with E-state index in [0.29, 0.717) is 0 Å². The number of unbranched alkanes of at least 4 members (excludes halogenated alkanes) is 1. The molecule has 0 atom stereocenters. The smallest absolute Gasteiger partial charge is 0.189 e. The second-order valence-electron chi connectivity index (χ2n) is 8.60. The molecule has 1 aromatic rings. The molecule has 0 bridgehead atoms. The van der Waals surface area contributed by atoms with Crippen molar-refractivity contribution in [2.24, 2.45) is 4.66 Å². The van der Waals surface area contributed by atoms with Crippen molar-refractivity contribution in [2.45, 2.75) is 84.4 Å². The highest BCUT2D eigenvalue weighted by molar-refractivity contribution is 6.83. The molecule has 0 saturated carbocycles. The first-order chi connectivity index (χ1) is 10.0. The Morgan fingerprint density at radius 2 is 1.45 bits per heavy atom. The number of hydrogen-bond acceptors (Lipinski definition) is 1. The maximum atomic E-state index is 5.51. The molecule has 1 aromatic carbocycles. The van der Waals surface area contributed by atoms with Gasteiger partial charge in [0, 0.05) is 5.71 Å². The molecule has 124 valence electrons. The molecule has 0 spiro atoms. The second-order valence-corrected chi connectivity index (χ2v) is 14.0. The monoisotopic (exact) mass is 317 g/mol. The number of benzene rings is 1. The van der Waals surface area contributed by atoms with Crippen LogP contribution in [0.5, 0.6) is 0 Å². The fourth-order valence-corrected chi connectivity index (χ4v) is 6.67. The SMILES string of the molecule is CCCCC(=N[Si](C)(C(C)(C)C)C(C)(C)C)c1ccccc1. The van der Waals surface area contributed by atoms with E-state index >= 15 is 0 Å². The average molecular weight is 318 g/mol. The Morgan fingerprint density at radius 3 is 1.86 bits per heavy atom. The first-order valence-electron chi connectivity index (χ1n) is 8.67. The average Bonchev–Trinajstić information content (AvgIpc) is 2.41. The lowest BCUT2D eigenvalue weighted by molar-refractivity contribution is 0.614. The molecule has 0 N–H and O–H groups in total. The highest BCUT2D eigenvalue weighted by atomic mass is 28.3. The molecular weight excluding hydrogens is 282 g/mol. The molecule has 22 heavy (non-hydrogen) atoms. The molecule has 0 aliphatic rings. The van der Waals surface area contributed by atoms with Gasteiger partial charge in [0.2, 0.25) is 0 Å². The van der Waals surface area contributed by atoms with Crippen LogP contribution in [0.2, 0.25) is 16.6 Å². The highest BCUT2D eigenvalue weighted by Gasteiger charge is 2.50. The topological polar surface area (TPSA) is 12.4 Å². The molecular formula is C20H35NSi.